The Morgan fingerprint density at radius 3 is 2.53 bits per heavy atom. The zero-order chi connectivity index (χ0) is 14.7. The van der Waals surface area contributed by atoms with E-state index < -0.39 is 21.5 Å². The van der Waals surface area contributed by atoms with Gasteiger partial charge in [-0.3, -0.25) is 4.79 Å². The molecule has 1 aromatic rings. The fourth-order valence-electron chi connectivity index (χ4n) is 1.83. The molecule has 0 bridgehead atoms. The number of sulfonamides is 1. The van der Waals surface area contributed by atoms with Gasteiger partial charge in [0.15, 0.2) is 0 Å². The fraction of sp³-hybridized carbons (Fsp3) is 0.417. The number of nitrogen functional groups attached to an aromatic ring is 1. The third-order valence-electron chi connectivity index (χ3n) is 2.36. The van der Waals surface area contributed by atoms with E-state index in [1.54, 1.807) is 38.1 Å². The lowest BCUT2D eigenvalue weighted by atomic mass is 10.0. The Morgan fingerprint density at radius 1 is 1.37 bits per heavy atom. The highest BCUT2D eigenvalue weighted by Crippen LogP contribution is 2.14. The number of primary amides is 1. The number of nitrogens with one attached hydrogen (secondary N) is 1. The van der Waals surface area contributed by atoms with Crippen molar-refractivity contribution >= 4 is 21.6 Å². The molecule has 5 N–H and O–H groups in total. The molecule has 0 fully saturated rings. The summed E-state index contributed by atoms with van der Waals surface area (Å²) in [6.07, 6.45) is -0.0663. The Hall–Kier alpha value is -1.60. The van der Waals surface area contributed by atoms with Gasteiger partial charge in [-0.1, -0.05) is 12.1 Å². The van der Waals surface area contributed by atoms with E-state index in [1.165, 1.54) is 0 Å². The molecule has 0 radical (unpaired) electrons. The molecule has 0 aliphatic heterocycles. The van der Waals surface area contributed by atoms with Gasteiger partial charge in [-0.15, -0.1) is 0 Å². The minimum atomic E-state index is -3.57. The highest BCUT2D eigenvalue weighted by molar-refractivity contribution is 7.88. The topological polar surface area (TPSA) is 115 Å². The van der Waals surface area contributed by atoms with Crippen molar-refractivity contribution in [3.8, 4) is 0 Å². The maximum Gasteiger partial charge on any atom is 0.219 e. The molecule has 0 saturated carbocycles. The summed E-state index contributed by atoms with van der Waals surface area (Å²) in [6, 6.07) is 6.65. The van der Waals surface area contributed by atoms with Gasteiger partial charge in [0.25, 0.3) is 0 Å². The van der Waals surface area contributed by atoms with Crippen LogP contribution in [-0.4, -0.2) is 19.9 Å². The van der Waals surface area contributed by atoms with E-state index in [0.717, 1.165) is 0 Å². The Labute approximate surface area is 113 Å². The van der Waals surface area contributed by atoms with Crippen LogP contribution in [0, 0.1) is 0 Å². The van der Waals surface area contributed by atoms with E-state index in [4.69, 9.17) is 11.5 Å². The summed E-state index contributed by atoms with van der Waals surface area (Å²) in [5, 5.41) is 0. The fourth-order valence-corrected chi connectivity index (χ4v) is 3.44. The van der Waals surface area contributed by atoms with E-state index in [9.17, 15) is 13.2 Å². The second-order valence-electron chi connectivity index (χ2n) is 5.13. The van der Waals surface area contributed by atoms with Gasteiger partial charge < -0.3 is 11.5 Å². The summed E-state index contributed by atoms with van der Waals surface area (Å²) in [5.41, 5.74) is 10.9. The number of hydrogen-bond acceptors (Lipinski definition) is 4. The standard InChI is InChI=1S/C12H19N3O3S/c1-12(2,7-11(14)16)15-19(17,18)8-9-4-3-5-10(13)6-9/h3-6,15H,7-8,13H2,1-2H3,(H2,14,16). The summed E-state index contributed by atoms with van der Waals surface area (Å²) in [5.74, 6) is -0.753. The first-order valence-electron chi connectivity index (χ1n) is 5.74. The van der Waals surface area contributed by atoms with Crippen molar-refractivity contribution in [3.63, 3.8) is 0 Å². The first-order valence-corrected chi connectivity index (χ1v) is 7.39. The minimum absolute atomic E-state index is 0.0663. The Balaban J connectivity index is 2.79. The molecule has 7 heteroatoms. The van der Waals surface area contributed by atoms with E-state index >= 15 is 0 Å². The van der Waals surface area contributed by atoms with Gasteiger partial charge in [-0.2, -0.15) is 0 Å². The number of hydrogen-bond donors (Lipinski definition) is 3. The van der Waals surface area contributed by atoms with Crippen molar-refractivity contribution in [1.29, 1.82) is 0 Å². The molecule has 0 unspecified atom stereocenters. The molecule has 1 rings (SSSR count). The first-order chi connectivity index (χ1) is 8.60. The van der Waals surface area contributed by atoms with Crippen molar-refractivity contribution in [2.45, 2.75) is 31.6 Å². The third kappa shape index (κ3) is 5.71. The quantitative estimate of drug-likeness (QED) is 0.654. The predicted molar refractivity (Wildman–Crippen MR) is 74.5 cm³/mol. The summed E-state index contributed by atoms with van der Waals surface area (Å²) >= 11 is 0. The smallest absolute Gasteiger partial charge is 0.219 e. The van der Waals surface area contributed by atoms with Crippen LogP contribution in [0.5, 0.6) is 0 Å². The average Bonchev–Trinajstić information content (AvgIpc) is 2.11. The molecule has 19 heavy (non-hydrogen) atoms. The molecule has 0 heterocycles. The average molecular weight is 285 g/mol. The highest BCUT2D eigenvalue weighted by Gasteiger charge is 2.26. The monoisotopic (exact) mass is 285 g/mol. The predicted octanol–water partition coefficient (Wildman–Crippen LogP) is 0.342. The van der Waals surface area contributed by atoms with E-state index in [1.807, 2.05) is 0 Å². The van der Waals surface area contributed by atoms with Crippen LogP contribution in [0.4, 0.5) is 5.69 Å². The van der Waals surface area contributed by atoms with Gasteiger partial charge in [-0.05, 0) is 31.5 Å². The minimum Gasteiger partial charge on any atom is -0.399 e. The summed E-state index contributed by atoms with van der Waals surface area (Å²) in [7, 11) is -3.57. The van der Waals surface area contributed by atoms with Gasteiger partial charge >= 0.3 is 0 Å². The number of rotatable bonds is 6. The number of amides is 1. The van der Waals surface area contributed by atoms with Crippen LogP contribution in [0.2, 0.25) is 0 Å². The summed E-state index contributed by atoms with van der Waals surface area (Å²) < 4.78 is 26.5. The number of anilines is 1. The van der Waals surface area contributed by atoms with Crippen molar-refractivity contribution in [2.75, 3.05) is 5.73 Å². The second kappa shape index (κ2) is 5.58. The van der Waals surface area contributed by atoms with Crippen molar-refractivity contribution < 1.29 is 13.2 Å². The molecule has 0 spiro atoms. The molecule has 0 saturated heterocycles. The number of carbonyl (C=O) groups excluding carboxylic acids is 1. The molecule has 0 atom stereocenters. The normalized spacial score (nSPS) is 12.3. The van der Waals surface area contributed by atoms with E-state index in [0.29, 0.717) is 11.3 Å². The van der Waals surface area contributed by atoms with Gasteiger partial charge in [-0.25, -0.2) is 13.1 Å². The van der Waals surface area contributed by atoms with Gasteiger partial charge in [0.1, 0.15) is 0 Å². The molecular weight excluding hydrogens is 266 g/mol. The number of nitrogens with two attached hydrogens (primary N) is 2. The first kappa shape index (κ1) is 15.5. The van der Waals surface area contributed by atoms with Crippen molar-refractivity contribution in [3.05, 3.63) is 29.8 Å². The molecule has 6 nitrogen and oxygen atoms in total. The molecule has 0 aromatic heterocycles. The van der Waals surface area contributed by atoms with Crippen LogP contribution < -0.4 is 16.2 Å². The number of benzene rings is 1. The number of carbonyl (C=O) groups is 1. The van der Waals surface area contributed by atoms with Crippen LogP contribution in [-0.2, 0) is 20.6 Å². The highest BCUT2D eigenvalue weighted by atomic mass is 32.2. The second-order valence-corrected chi connectivity index (χ2v) is 6.86. The summed E-state index contributed by atoms with van der Waals surface area (Å²) in [6.45, 7) is 3.21. The van der Waals surface area contributed by atoms with Crippen molar-refractivity contribution in [2.24, 2.45) is 5.73 Å². The summed E-state index contributed by atoms with van der Waals surface area (Å²) in [4.78, 5) is 10.9. The van der Waals surface area contributed by atoms with Crippen LogP contribution in [0.3, 0.4) is 0 Å². The maximum absolute atomic E-state index is 12.0. The SMILES string of the molecule is CC(C)(CC(N)=O)NS(=O)(=O)Cc1cccc(N)c1. The largest absolute Gasteiger partial charge is 0.399 e. The Morgan fingerprint density at radius 2 is 2.00 bits per heavy atom. The molecule has 106 valence electrons. The maximum atomic E-state index is 12.0. The molecule has 1 aromatic carbocycles. The molecule has 0 aliphatic rings. The van der Waals surface area contributed by atoms with Crippen LogP contribution in [0.25, 0.3) is 0 Å². The lowest BCUT2D eigenvalue weighted by molar-refractivity contribution is -0.119. The lowest BCUT2D eigenvalue weighted by Crippen LogP contribution is -2.46. The van der Waals surface area contributed by atoms with Gasteiger partial charge in [0.2, 0.25) is 15.9 Å². The molecule has 1 amide bonds. The van der Waals surface area contributed by atoms with Crippen LogP contribution in [0.1, 0.15) is 25.8 Å². The van der Waals surface area contributed by atoms with Crippen LogP contribution in [0.15, 0.2) is 24.3 Å². The third-order valence-corrected chi connectivity index (χ3v) is 3.93. The van der Waals surface area contributed by atoms with Crippen LogP contribution >= 0.6 is 0 Å². The molecule has 0 aliphatic carbocycles. The zero-order valence-corrected chi connectivity index (χ0v) is 11.8. The van der Waals surface area contributed by atoms with Gasteiger partial charge in [0.05, 0.1) is 5.75 Å². The van der Waals surface area contributed by atoms with Gasteiger partial charge in [0, 0.05) is 17.6 Å². The molecular formula is C12H19N3O3S. The van der Waals surface area contributed by atoms with E-state index in [2.05, 4.69) is 4.72 Å². The zero-order valence-electron chi connectivity index (χ0n) is 11.0. The Kier molecular flexibility index (Phi) is 4.54. The Bertz CT molecular complexity index is 567. The lowest BCUT2D eigenvalue weighted by Gasteiger charge is -2.24. The van der Waals surface area contributed by atoms with Crippen molar-refractivity contribution in [1.82, 2.24) is 4.72 Å². The van der Waals surface area contributed by atoms with E-state index in [-0.39, 0.29) is 12.2 Å².